The normalized spacial score (nSPS) is 10.6. The lowest BCUT2D eigenvalue weighted by atomic mass is 10.0. The first-order valence-corrected chi connectivity index (χ1v) is 10.2. The molecule has 4 aromatic rings. The molecule has 1 aromatic heterocycles. The molecule has 0 fully saturated rings. The molecule has 0 radical (unpaired) electrons. The van der Waals surface area contributed by atoms with Gasteiger partial charge in [-0.3, -0.25) is 14.6 Å². The minimum atomic E-state index is -0.242. The molecule has 0 aliphatic carbocycles. The number of nitrogens with zero attached hydrogens (tertiary/aromatic N) is 1. The zero-order valence-electron chi connectivity index (χ0n) is 17.0. The Kier molecular flexibility index (Phi) is 6.33. The Morgan fingerprint density at radius 3 is 2.52 bits per heavy atom. The number of pyridine rings is 1. The van der Waals surface area contributed by atoms with Crippen LogP contribution in [0.2, 0.25) is 0 Å². The monoisotopic (exact) mass is 409 g/mol. The number of amides is 2. The molecule has 0 spiro atoms. The predicted molar refractivity (Wildman–Crippen MR) is 123 cm³/mol. The summed E-state index contributed by atoms with van der Waals surface area (Å²) in [5, 5.41) is 8.10. The molecule has 0 atom stereocenters. The van der Waals surface area contributed by atoms with Crippen LogP contribution in [-0.4, -0.2) is 16.8 Å². The second-order valence-electron chi connectivity index (χ2n) is 7.28. The van der Waals surface area contributed by atoms with Crippen molar-refractivity contribution in [3.8, 4) is 0 Å². The fourth-order valence-corrected chi connectivity index (χ4v) is 3.54. The molecular formula is C26H23N3O2. The van der Waals surface area contributed by atoms with E-state index in [2.05, 4.69) is 39.9 Å². The van der Waals surface area contributed by atoms with Gasteiger partial charge in [0.15, 0.2) is 0 Å². The Bertz CT molecular complexity index is 1200. The van der Waals surface area contributed by atoms with Crippen molar-refractivity contribution in [2.45, 2.75) is 19.4 Å². The van der Waals surface area contributed by atoms with Crippen LogP contribution in [0.25, 0.3) is 10.8 Å². The van der Waals surface area contributed by atoms with Gasteiger partial charge in [-0.2, -0.15) is 0 Å². The summed E-state index contributed by atoms with van der Waals surface area (Å²) in [5.41, 5.74) is 2.99. The summed E-state index contributed by atoms with van der Waals surface area (Å²) in [4.78, 5) is 29.3. The van der Waals surface area contributed by atoms with Crippen LogP contribution in [0.4, 0.5) is 5.69 Å². The van der Waals surface area contributed by atoms with Crippen molar-refractivity contribution in [1.82, 2.24) is 10.3 Å². The Morgan fingerprint density at radius 2 is 1.65 bits per heavy atom. The number of nitrogens with one attached hydrogen (secondary N) is 2. The van der Waals surface area contributed by atoms with Crippen LogP contribution in [0.5, 0.6) is 0 Å². The number of aryl methyl sites for hydroxylation is 1. The molecule has 5 nitrogen and oxygen atoms in total. The van der Waals surface area contributed by atoms with Crippen molar-refractivity contribution in [3.05, 3.63) is 108 Å². The number of aromatic nitrogens is 1. The molecule has 2 amide bonds. The quantitative estimate of drug-likeness (QED) is 0.463. The highest BCUT2D eigenvalue weighted by molar-refractivity contribution is 6.03. The largest absolute Gasteiger partial charge is 0.348 e. The maximum atomic E-state index is 12.7. The van der Waals surface area contributed by atoms with E-state index in [9.17, 15) is 9.59 Å². The van der Waals surface area contributed by atoms with Gasteiger partial charge >= 0.3 is 0 Å². The van der Waals surface area contributed by atoms with E-state index in [1.165, 1.54) is 0 Å². The summed E-state index contributed by atoms with van der Waals surface area (Å²) in [6, 6.07) is 25.0. The lowest BCUT2D eigenvalue weighted by Gasteiger charge is -2.12. The smallest absolute Gasteiger partial charge is 0.253 e. The van der Waals surface area contributed by atoms with Crippen molar-refractivity contribution in [3.63, 3.8) is 0 Å². The molecule has 2 N–H and O–H groups in total. The van der Waals surface area contributed by atoms with Crippen LogP contribution in [0.1, 0.15) is 27.9 Å². The molecule has 0 unspecified atom stereocenters. The fourth-order valence-electron chi connectivity index (χ4n) is 3.54. The highest BCUT2D eigenvalue weighted by Crippen LogP contribution is 2.20. The Labute approximate surface area is 181 Å². The van der Waals surface area contributed by atoms with Gasteiger partial charge in [0.1, 0.15) is 0 Å². The number of anilines is 1. The molecule has 0 saturated carbocycles. The minimum Gasteiger partial charge on any atom is -0.348 e. The topological polar surface area (TPSA) is 71.1 Å². The number of hydrogen-bond acceptors (Lipinski definition) is 3. The van der Waals surface area contributed by atoms with Crippen molar-refractivity contribution in [2.24, 2.45) is 0 Å². The van der Waals surface area contributed by atoms with Crippen LogP contribution in [0.15, 0.2) is 91.3 Å². The van der Waals surface area contributed by atoms with E-state index in [1.807, 2.05) is 30.3 Å². The number of carbonyl (C=O) groups is 2. The summed E-state index contributed by atoms with van der Waals surface area (Å²) in [7, 11) is 0. The second kappa shape index (κ2) is 9.67. The molecule has 0 bridgehead atoms. The van der Waals surface area contributed by atoms with Gasteiger partial charge in [-0.15, -0.1) is 0 Å². The van der Waals surface area contributed by atoms with Crippen LogP contribution >= 0.6 is 0 Å². The molecule has 31 heavy (non-hydrogen) atoms. The first kappa shape index (κ1) is 20.3. The van der Waals surface area contributed by atoms with E-state index < -0.39 is 0 Å². The van der Waals surface area contributed by atoms with E-state index >= 15 is 0 Å². The van der Waals surface area contributed by atoms with Gasteiger partial charge < -0.3 is 10.6 Å². The molecular weight excluding hydrogens is 386 g/mol. The summed E-state index contributed by atoms with van der Waals surface area (Å²) in [6.45, 7) is 0.371. The molecule has 3 aromatic carbocycles. The third-order valence-electron chi connectivity index (χ3n) is 5.12. The first-order valence-electron chi connectivity index (χ1n) is 10.2. The zero-order chi connectivity index (χ0) is 21.5. The Morgan fingerprint density at radius 1 is 0.839 bits per heavy atom. The number of carbonyl (C=O) groups excluding carboxylic acids is 2. The molecule has 5 heteroatoms. The summed E-state index contributed by atoms with van der Waals surface area (Å²) in [5.74, 6) is -0.366. The van der Waals surface area contributed by atoms with Crippen LogP contribution in [-0.2, 0) is 17.8 Å². The number of fused-ring (bicyclic) bond motifs is 1. The second-order valence-corrected chi connectivity index (χ2v) is 7.28. The number of benzene rings is 3. The molecule has 0 aliphatic heterocycles. The van der Waals surface area contributed by atoms with Gasteiger partial charge in [-0.25, -0.2) is 0 Å². The van der Waals surface area contributed by atoms with Crippen molar-refractivity contribution in [2.75, 3.05) is 5.32 Å². The van der Waals surface area contributed by atoms with Crippen LogP contribution in [0.3, 0.4) is 0 Å². The SMILES string of the molecule is O=C(CCc1cccc2ccccc12)Nc1ccccc1C(=O)NCc1cccnc1. The molecule has 1 heterocycles. The van der Waals surface area contributed by atoms with Crippen LogP contribution in [0, 0.1) is 0 Å². The van der Waals surface area contributed by atoms with E-state index in [4.69, 9.17) is 0 Å². The van der Waals surface area contributed by atoms with E-state index in [1.54, 1.807) is 36.7 Å². The lowest BCUT2D eigenvalue weighted by molar-refractivity contribution is -0.116. The standard InChI is InChI=1S/C26H23N3O2/c30-25(15-14-21-10-5-9-20-8-1-2-11-22(20)21)29-24-13-4-3-12-23(24)26(31)28-18-19-7-6-16-27-17-19/h1-13,16-17H,14-15,18H2,(H,28,31)(H,29,30). The third-order valence-corrected chi connectivity index (χ3v) is 5.12. The van der Waals surface area contributed by atoms with E-state index in [-0.39, 0.29) is 11.8 Å². The first-order chi connectivity index (χ1) is 15.2. The van der Waals surface area contributed by atoms with E-state index in [0.29, 0.717) is 30.6 Å². The van der Waals surface area contributed by atoms with Gasteiger partial charge in [0, 0.05) is 25.4 Å². The Hall–Kier alpha value is -3.99. The summed E-state index contributed by atoms with van der Waals surface area (Å²) < 4.78 is 0. The summed E-state index contributed by atoms with van der Waals surface area (Å²) >= 11 is 0. The molecule has 4 rings (SSSR count). The average Bonchev–Trinajstić information content (AvgIpc) is 2.82. The Balaban J connectivity index is 1.40. The fraction of sp³-hybridized carbons (Fsp3) is 0.115. The molecule has 154 valence electrons. The molecule has 0 aliphatic rings. The third kappa shape index (κ3) is 5.14. The van der Waals surface area contributed by atoms with Crippen LogP contribution < -0.4 is 10.6 Å². The van der Waals surface area contributed by atoms with Gasteiger partial charge in [-0.1, -0.05) is 60.7 Å². The van der Waals surface area contributed by atoms with Gasteiger partial charge in [0.05, 0.1) is 11.3 Å². The van der Waals surface area contributed by atoms with Gasteiger partial charge in [0.2, 0.25) is 5.91 Å². The maximum absolute atomic E-state index is 12.7. The van der Waals surface area contributed by atoms with E-state index in [0.717, 1.165) is 21.9 Å². The average molecular weight is 409 g/mol. The maximum Gasteiger partial charge on any atom is 0.253 e. The summed E-state index contributed by atoms with van der Waals surface area (Å²) in [6.07, 6.45) is 4.36. The lowest BCUT2D eigenvalue weighted by Crippen LogP contribution is -2.25. The van der Waals surface area contributed by atoms with Crippen molar-refractivity contribution >= 4 is 28.3 Å². The van der Waals surface area contributed by atoms with Gasteiger partial charge in [-0.05, 0) is 46.5 Å². The van der Waals surface area contributed by atoms with Crippen molar-refractivity contribution < 1.29 is 9.59 Å². The van der Waals surface area contributed by atoms with Crippen molar-refractivity contribution in [1.29, 1.82) is 0 Å². The van der Waals surface area contributed by atoms with Gasteiger partial charge in [0.25, 0.3) is 5.91 Å². The highest BCUT2D eigenvalue weighted by Gasteiger charge is 2.13. The number of rotatable bonds is 7. The minimum absolute atomic E-state index is 0.125. The number of para-hydroxylation sites is 1. The number of hydrogen-bond donors (Lipinski definition) is 2. The molecule has 0 saturated heterocycles. The zero-order valence-corrected chi connectivity index (χ0v) is 17.0. The highest BCUT2D eigenvalue weighted by atomic mass is 16.2. The predicted octanol–water partition coefficient (Wildman–Crippen LogP) is 4.74.